The number of fused-ring (bicyclic) bond motifs is 4. The van der Waals surface area contributed by atoms with E-state index in [1.807, 2.05) is 13.1 Å². The van der Waals surface area contributed by atoms with Crippen molar-refractivity contribution in [3.05, 3.63) is 57.8 Å². The predicted molar refractivity (Wildman–Crippen MR) is 140 cm³/mol. The molecule has 4 aliphatic rings. The molecule has 3 fully saturated rings. The topological polar surface area (TPSA) is 109 Å². The van der Waals surface area contributed by atoms with E-state index in [1.165, 1.54) is 12.1 Å². The largest absolute Gasteiger partial charge is 0.484 e. The van der Waals surface area contributed by atoms with E-state index in [1.54, 1.807) is 12.1 Å². The highest BCUT2D eigenvalue weighted by atomic mass is 35.5. The molecule has 3 atom stereocenters. The molecular formula is C27H30Cl2FN3O5. The van der Waals surface area contributed by atoms with Crippen molar-refractivity contribution in [2.45, 2.75) is 67.9 Å². The fraction of sp³-hybridized carbons (Fsp3) is 0.481. The highest BCUT2D eigenvalue weighted by molar-refractivity contribution is 6.31. The van der Waals surface area contributed by atoms with Gasteiger partial charge in [-0.25, -0.2) is 4.39 Å². The second kappa shape index (κ2) is 10.5. The zero-order valence-corrected chi connectivity index (χ0v) is 22.4. The second-order valence-corrected chi connectivity index (χ2v) is 11.3. The molecule has 3 saturated carbocycles. The number of hydrogen-bond acceptors (Lipinski definition) is 6. The van der Waals surface area contributed by atoms with Gasteiger partial charge in [0.05, 0.1) is 16.7 Å². The Hall–Kier alpha value is -2.59. The lowest BCUT2D eigenvalue weighted by Crippen LogP contribution is -2.71. The van der Waals surface area contributed by atoms with Gasteiger partial charge in [0.1, 0.15) is 17.3 Å². The van der Waals surface area contributed by atoms with Gasteiger partial charge in [-0.15, -0.1) is 0 Å². The van der Waals surface area contributed by atoms with Crippen LogP contribution in [0.3, 0.4) is 0 Å². The molecule has 4 N–H and O–H groups in total. The maximum absolute atomic E-state index is 13.6. The van der Waals surface area contributed by atoms with Gasteiger partial charge >= 0.3 is 0 Å². The smallest absolute Gasteiger partial charge is 0.261 e. The molecular weight excluding hydrogens is 536 g/mol. The van der Waals surface area contributed by atoms with Crippen LogP contribution in [-0.4, -0.2) is 53.9 Å². The minimum absolute atomic E-state index is 0.0320. The number of benzene rings is 2. The molecule has 2 amide bonds. The summed E-state index contributed by atoms with van der Waals surface area (Å²) in [5, 5.41) is 21.0. The molecule has 2 unspecified atom stereocenters. The number of hydrogen-bond donors (Lipinski definition) is 4. The van der Waals surface area contributed by atoms with E-state index in [0.29, 0.717) is 49.3 Å². The third-order valence-corrected chi connectivity index (χ3v) is 8.61. The number of aliphatic hydroxyl groups is 1. The van der Waals surface area contributed by atoms with Crippen LogP contribution in [0, 0.1) is 5.82 Å². The average molecular weight is 566 g/mol. The third kappa shape index (κ3) is 5.30. The van der Waals surface area contributed by atoms with Crippen LogP contribution < -0.4 is 25.4 Å². The Bertz CT molecular complexity index is 1240. The number of halogens is 3. The van der Waals surface area contributed by atoms with Crippen molar-refractivity contribution >= 4 is 35.0 Å². The molecule has 2 bridgehead atoms. The van der Waals surface area contributed by atoms with Crippen LogP contribution in [0.2, 0.25) is 10.0 Å². The quantitative estimate of drug-likeness (QED) is 0.408. The Balaban J connectivity index is 1.18. The normalized spacial score (nSPS) is 29.7. The van der Waals surface area contributed by atoms with E-state index in [4.69, 9.17) is 32.7 Å². The molecule has 38 heavy (non-hydrogen) atoms. The van der Waals surface area contributed by atoms with Crippen LogP contribution in [0.5, 0.6) is 11.5 Å². The Kier molecular flexibility index (Phi) is 7.48. The number of aliphatic hydroxyl groups excluding tert-OH is 1. The van der Waals surface area contributed by atoms with Gasteiger partial charge in [-0.1, -0.05) is 23.2 Å². The van der Waals surface area contributed by atoms with E-state index in [9.17, 15) is 19.1 Å². The highest BCUT2D eigenvalue weighted by Gasteiger charge is 2.55. The van der Waals surface area contributed by atoms with Gasteiger partial charge in [0, 0.05) is 34.7 Å². The molecule has 1 heterocycles. The van der Waals surface area contributed by atoms with Crippen molar-refractivity contribution in [1.82, 2.24) is 16.0 Å². The molecule has 0 radical (unpaired) electrons. The summed E-state index contributed by atoms with van der Waals surface area (Å²) in [7, 11) is 1.83. The maximum Gasteiger partial charge on any atom is 0.261 e. The predicted octanol–water partition coefficient (Wildman–Crippen LogP) is 3.67. The molecule has 6 rings (SSSR count). The zero-order chi connectivity index (χ0) is 27.1. The van der Waals surface area contributed by atoms with Crippen LogP contribution in [-0.2, 0) is 9.59 Å². The Morgan fingerprint density at radius 1 is 1.13 bits per heavy atom. The molecule has 3 aliphatic carbocycles. The van der Waals surface area contributed by atoms with Crippen LogP contribution in [0.1, 0.15) is 50.1 Å². The molecule has 0 saturated heterocycles. The number of nitrogens with one attached hydrogen (secondary N) is 3. The SMILES string of the molecule is CNC1CC(C(=O)NC23CCC(NC(=O)COc4ccc(Cl)c(F)c4)(CC2)[C@@H](O)C3)Oc2ccc(Cl)cc21. The summed E-state index contributed by atoms with van der Waals surface area (Å²) in [5.74, 6) is -0.462. The number of amides is 2. The Morgan fingerprint density at radius 3 is 2.58 bits per heavy atom. The highest BCUT2D eigenvalue weighted by Crippen LogP contribution is 2.47. The molecule has 2 aromatic rings. The third-order valence-electron chi connectivity index (χ3n) is 8.07. The summed E-state index contributed by atoms with van der Waals surface area (Å²) >= 11 is 11.8. The van der Waals surface area contributed by atoms with E-state index in [2.05, 4.69) is 16.0 Å². The lowest BCUT2D eigenvalue weighted by Gasteiger charge is -2.56. The van der Waals surface area contributed by atoms with Crippen molar-refractivity contribution in [3.63, 3.8) is 0 Å². The van der Waals surface area contributed by atoms with E-state index >= 15 is 0 Å². The second-order valence-electron chi connectivity index (χ2n) is 10.4. The van der Waals surface area contributed by atoms with E-state index < -0.39 is 35.0 Å². The molecule has 1 aliphatic heterocycles. The first kappa shape index (κ1) is 27.0. The lowest BCUT2D eigenvalue weighted by molar-refractivity contribution is -0.140. The van der Waals surface area contributed by atoms with Crippen LogP contribution in [0.4, 0.5) is 4.39 Å². The molecule has 0 aromatic heterocycles. The number of ether oxygens (including phenoxy) is 2. The standard InChI is InChI=1S/C27H30Cl2FN3O5/c1-31-20-12-22(38-21-5-2-15(28)10-17(20)21)25(36)33-26-6-8-27(9-7-26,23(34)13-26)32-24(35)14-37-16-3-4-18(29)19(30)11-16/h2-5,10-11,20,22-23,31,34H,6-9,12-14H2,1H3,(H,32,35)(H,33,36)/t20?,22?,23-,26?,27?/m0/s1. The van der Waals surface area contributed by atoms with Gasteiger partial charge in [0.15, 0.2) is 12.7 Å². The fourth-order valence-electron chi connectivity index (χ4n) is 5.91. The first-order valence-electron chi connectivity index (χ1n) is 12.6. The van der Waals surface area contributed by atoms with Crippen LogP contribution in [0.15, 0.2) is 36.4 Å². The molecule has 0 spiro atoms. The van der Waals surface area contributed by atoms with Crippen LogP contribution in [0.25, 0.3) is 0 Å². The summed E-state index contributed by atoms with van der Waals surface area (Å²) in [4.78, 5) is 26.0. The molecule has 2 aromatic carbocycles. The Labute approximate surface area is 230 Å². The van der Waals surface area contributed by atoms with Gasteiger partial charge in [0.2, 0.25) is 0 Å². The van der Waals surface area contributed by atoms with E-state index in [0.717, 1.165) is 11.6 Å². The first-order chi connectivity index (χ1) is 18.1. The van der Waals surface area contributed by atoms with Crippen molar-refractivity contribution < 1.29 is 28.6 Å². The van der Waals surface area contributed by atoms with Gasteiger partial charge in [-0.3, -0.25) is 9.59 Å². The van der Waals surface area contributed by atoms with E-state index in [-0.39, 0.29) is 29.3 Å². The number of carbonyl (C=O) groups excluding carboxylic acids is 2. The van der Waals surface area contributed by atoms with Crippen molar-refractivity contribution in [2.24, 2.45) is 0 Å². The summed E-state index contributed by atoms with van der Waals surface area (Å²) < 4.78 is 25.0. The minimum atomic E-state index is -0.845. The van der Waals surface area contributed by atoms with Gasteiger partial charge < -0.3 is 30.5 Å². The monoisotopic (exact) mass is 565 g/mol. The number of carbonyl (C=O) groups is 2. The first-order valence-corrected chi connectivity index (χ1v) is 13.4. The van der Waals surface area contributed by atoms with Gasteiger partial charge in [-0.2, -0.15) is 0 Å². The molecule has 204 valence electrons. The summed E-state index contributed by atoms with van der Waals surface area (Å²) in [6.07, 6.45) is 1.45. The summed E-state index contributed by atoms with van der Waals surface area (Å²) in [5.41, 5.74) is -0.452. The van der Waals surface area contributed by atoms with Crippen molar-refractivity contribution in [3.8, 4) is 11.5 Å². The van der Waals surface area contributed by atoms with Crippen molar-refractivity contribution in [2.75, 3.05) is 13.7 Å². The number of rotatable bonds is 7. The molecule has 11 heteroatoms. The zero-order valence-electron chi connectivity index (χ0n) is 20.9. The summed E-state index contributed by atoms with van der Waals surface area (Å²) in [6.45, 7) is -0.324. The van der Waals surface area contributed by atoms with Gasteiger partial charge in [-0.05, 0) is 69.5 Å². The molecule has 8 nitrogen and oxygen atoms in total. The maximum atomic E-state index is 13.6. The lowest BCUT2D eigenvalue weighted by atomic mass is 9.59. The Morgan fingerprint density at radius 2 is 1.89 bits per heavy atom. The fourth-order valence-corrected chi connectivity index (χ4v) is 6.21. The minimum Gasteiger partial charge on any atom is -0.484 e. The van der Waals surface area contributed by atoms with Crippen LogP contribution >= 0.6 is 23.2 Å². The summed E-state index contributed by atoms with van der Waals surface area (Å²) in [6, 6.07) is 9.22. The average Bonchev–Trinajstić information content (AvgIpc) is 2.89. The van der Waals surface area contributed by atoms with Gasteiger partial charge in [0.25, 0.3) is 11.8 Å². The van der Waals surface area contributed by atoms with Crippen molar-refractivity contribution in [1.29, 1.82) is 0 Å².